The maximum absolute atomic E-state index is 12.9. The highest BCUT2D eigenvalue weighted by molar-refractivity contribution is 7.92. The van der Waals surface area contributed by atoms with Crippen LogP contribution in [0.1, 0.15) is 11.1 Å². The molecule has 30 heavy (non-hydrogen) atoms. The number of ether oxygens (including phenoxy) is 2. The summed E-state index contributed by atoms with van der Waals surface area (Å²) >= 11 is 0. The Morgan fingerprint density at radius 3 is 2.27 bits per heavy atom. The van der Waals surface area contributed by atoms with E-state index in [1.54, 1.807) is 18.2 Å². The zero-order valence-electron chi connectivity index (χ0n) is 17.0. The number of sulfonamides is 1. The van der Waals surface area contributed by atoms with Gasteiger partial charge in [0, 0.05) is 25.6 Å². The Bertz CT molecular complexity index is 1070. The first-order valence-electron chi connectivity index (χ1n) is 8.93. The minimum atomic E-state index is -3.78. The summed E-state index contributed by atoms with van der Waals surface area (Å²) in [6.07, 6.45) is 2.43. The van der Waals surface area contributed by atoms with Crippen LogP contribution in [0.15, 0.2) is 53.9 Å². The van der Waals surface area contributed by atoms with Gasteiger partial charge in [0.1, 0.15) is 0 Å². The van der Waals surface area contributed by atoms with Crippen molar-refractivity contribution in [2.24, 2.45) is 0 Å². The molecule has 0 aromatic heterocycles. The van der Waals surface area contributed by atoms with Crippen LogP contribution in [0.2, 0.25) is 0 Å². The SMILES string of the molecule is COCCN(Cc1ccc(OC)c(OS(C)(=O)=O)c1)S(=O)(=O)/C=C/c1ccccc1. The van der Waals surface area contributed by atoms with Gasteiger partial charge in [-0.05, 0) is 29.3 Å². The number of methoxy groups -OCH3 is 2. The fourth-order valence-corrected chi connectivity index (χ4v) is 4.17. The second-order valence-electron chi connectivity index (χ2n) is 6.36. The molecule has 164 valence electrons. The number of hydrogen-bond acceptors (Lipinski definition) is 7. The van der Waals surface area contributed by atoms with Crippen molar-refractivity contribution in [3.63, 3.8) is 0 Å². The molecule has 0 bridgehead atoms. The van der Waals surface area contributed by atoms with Crippen LogP contribution >= 0.6 is 0 Å². The first-order valence-corrected chi connectivity index (χ1v) is 12.2. The van der Waals surface area contributed by atoms with Crippen molar-refractivity contribution in [2.75, 3.05) is 33.6 Å². The lowest BCUT2D eigenvalue weighted by Crippen LogP contribution is -2.32. The summed E-state index contributed by atoms with van der Waals surface area (Å²) in [7, 11) is -4.69. The Labute approximate surface area is 177 Å². The zero-order chi connectivity index (χ0) is 22.2. The molecule has 8 nitrogen and oxygen atoms in total. The molecule has 0 fully saturated rings. The first-order chi connectivity index (χ1) is 14.1. The molecule has 10 heteroatoms. The van der Waals surface area contributed by atoms with Crippen LogP contribution in [0.3, 0.4) is 0 Å². The van der Waals surface area contributed by atoms with E-state index in [4.69, 9.17) is 13.7 Å². The molecule has 0 saturated heterocycles. The molecular formula is C20H25NO7S2. The molecular weight excluding hydrogens is 430 g/mol. The molecule has 0 N–H and O–H groups in total. The number of rotatable bonds is 11. The van der Waals surface area contributed by atoms with Crippen molar-refractivity contribution < 1.29 is 30.5 Å². The van der Waals surface area contributed by atoms with E-state index in [1.165, 1.54) is 36.7 Å². The molecule has 0 aliphatic heterocycles. The van der Waals surface area contributed by atoms with Gasteiger partial charge in [0.2, 0.25) is 10.0 Å². The summed E-state index contributed by atoms with van der Waals surface area (Å²) in [4.78, 5) is 0. The molecule has 0 heterocycles. The van der Waals surface area contributed by atoms with Gasteiger partial charge in [0.25, 0.3) is 0 Å². The fraction of sp³-hybridized carbons (Fsp3) is 0.300. The molecule has 0 radical (unpaired) electrons. The predicted octanol–water partition coefficient (Wildman–Crippen LogP) is 2.48. The molecule has 2 rings (SSSR count). The van der Waals surface area contributed by atoms with Crippen molar-refractivity contribution in [3.05, 3.63) is 65.1 Å². The minimum Gasteiger partial charge on any atom is -0.493 e. The van der Waals surface area contributed by atoms with Crippen LogP contribution < -0.4 is 8.92 Å². The van der Waals surface area contributed by atoms with Gasteiger partial charge in [0.05, 0.1) is 20.0 Å². The molecule has 2 aromatic rings. The van der Waals surface area contributed by atoms with Crippen molar-refractivity contribution in [2.45, 2.75) is 6.54 Å². The van der Waals surface area contributed by atoms with Gasteiger partial charge in [0.15, 0.2) is 11.5 Å². The van der Waals surface area contributed by atoms with E-state index in [0.717, 1.165) is 17.2 Å². The van der Waals surface area contributed by atoms with E-state index in [-0.39, 0.29) is 31.2 Å². The number of benzene rings is 2. The second-order valence-corrected chi connectivity index (χ2v) is 9.75. The maximum Gasteiger partial charge on any atom is 0.306 e. The summed E-state index contributed by atoms with van der Waals surface area (Å²) < 4.78 is 65.1. The molecule has 0 spiro atoms. The molecule has 0 saturated carbocycles. The predicted molar refractivity (Wildman–Crippen MR) is 115 cm³/mol. The Balaban J connectivity index is 2.31. The normalized spacial score (nSPS) is 12.4. The van der Waals surface area contributed by atoms with Crippen molar-refractivity contribution in [1.29, 1.82) is 0 Å². The fourth-order valence-electron chi connectivity index (χ4n) is 2.56. The van der Waals surface area contributed by atoms with Gasteiger partial charge < -0.3 is 13.7 Å². The summed E-state index contributed by atoms with van der Waals surface area (Å²) in [6, 6.07) is 13.7. The Morgan fingerprint density at radius 1 is 0.967 bits per heavy atom. The van der Waals surface area contributed by atoms with Gasteiger partial charge in [-0.2, -0.15) is 12.7 Å². The van der Waals surface area contributed by atoms with Crippen molar-refractivity contribution in [1.82, 2.24) is 4.31 Å². The number of nitrogens with zero attached hydrogens (tertiary/aromatic N) is 1. The third kappa shape index (κ3) is 7.45. The second kappa shape index (κ2) is 10.6. The molecule has 0 unspecified atom stereocenters. The Kier molecular flexibility index (Phi) is 8.42. The third-order valence-electron chi connectivity index (χ3n) is 3.96. The molecule has 0 aliphatic carbocycles. The summed E-state index contributed by atoms with van der Waals surface area (Å²) in [5.41, 5.74) is 1.28. The lowest BCUT2D eigenvalue weighted by Gasteiger charge is -2.21. The van der Waals surface area contributed by atoms with Crippen LogP contribution in [-0.4, -0.2) is 54.8 Å². The summed E-state index contributed by atoms with van der Waals surface area (Å²) in [5, 5.41) is 1.13. The van der Waals surface area contributed by atoms with Crippen LogP contribution in [0.25, 0.3) is 6.08 Å². The topological polar surface area (TPSA) is 99.2 Å². The highest BCUT2D eigenvalue weighted by atomic mass is 32.2. The van der Waals surface area contributed by atoms with E-state index in [2.05, 4.69) is 0 Å². The van der Waals surface area contributed by atoms with Gasteiger partial charge >= 0.3 is 10.1 Å². The Hall–Kier alpha value is -2.40. The molecule has 0 aliphatic rings. The number of hydrogen-bond donors (Lipinski definition) is 0. The first kappa shape index (κ1) is 23.9. The highest BCUT2D eigenvalue weighted by Crippen LogP contribution is 2.30. The van der Waals surface area contributed by atoms with Gasteiger partial charge in [-0.3, -0.25) is 0 Å². The van der Waals surface area contributed by atoms with Crippen LogP contribution in [0, 0.1) is 0 Å². The smallest absolute Gasteiger partial charge is 0.306 e. The third-order valence-corrected chi connectivity index (χ3v) is 5.96. The highest BCUT2D eigenvalue weighted by Gasteiger charge is 2.21. The average Bonchev–Trinajstić information content (AvgIpc) is 2.69. The van der Waals surface area contributed by atoms with Crippen LogP contribution in [-0.2, 0) is 31.4 Å². The lowest BCUT2D eigenvalue weighted by atomic mass is 10.2. The average molecular weight is 456 g/mol. The largest absolute Gasteiger partial charge is 0.493 e. The molecule has 2 aromatic carbocycles. The van der Waals surface area contributed by atoms with Crippen LogP contribution in [0.5, 0.6) is 11.5 Å². The van der Waals surface area contributed by atoms with Crippen LogP contribution in [0.4, 0.5) is 0 Å². The standard InChI is InChI=1S/C20H25NO7S2/c1-26-13-12-21(30(24,25)14-11-17-7-5-4-6-8-17)16-18-9-10-19(27-2)20(15-18)28-29(3,22)23/h4-11,14-15H,12-13,16H2,1-3H3/b14-11+. The summed E-state index contributed by atoms with van der Waals surface area (Å²) in [6.45, 7) is 0.308. The van der Waals surface area contributed by atoms with E-state index in [1.807, 2.05) is 18.2 Å². The Morgan fingerprint density at radius 2 is 1.67 bits per heavy atom. The van der Waals surface area contributed by atoms with Gasteiger partial charge in [-0.25, -0.2) is 8.42 Å². The van der Waals surface area contributed by atoms with E-state index < -0.39 is 20.1 Å². The minimum absolute atomic E-state index is 0.00502. The molecule has 0 atom stereocenters. The molecule has 0 amide bonds. The van der Waals surface area contributed by atoms with Gasteiger partial charge in [-0.1, -0.05) is 36.4 Å². The van der Waals surface area contributed by atoms with E-state index in [0.29, 0.717) is 5.56 Å². The lowest BCUT2D eigenvalue weighted by molar-refractivity contribution is 0.178. The maximum atomic E-state index is 12.9. The monoisotopic (exact) mass is 455 g/mol. The quantitative estimate of drug-likeness (QED) is 0.480. The summed E-state index contributed by atoms with van der Waals surface area (Å²) in [5.74, 6) is 0.209. The van der Waals surface area contributed by atoms with E-state index in [9.17, 15) is 16.8 Å². The van der Waals surface area contributed by atoms with Crippen molar-refractivity contribution in [3.8, 4) is 11.5 Å². The van der Waals surface area contributed by atoms with E-state index >= 15 is 0 Å². The van der Waals surface area contributed by atoms with Crippen molar-refractivity contribution >= 4 is 26.2 Å². The van der Waals surface area contributed by atoms with Gasteiger partial charge in [-0.15, -0.1) is 0 Å². The zero-order valence-corrected chi connectivity index (χ0v) is 18.6.